The Morgan fingerprint density at radius 1 is 0.909 bits per heavy atom. The van der Waals surface area contributed by atoms with Gasteiger partial charge in [0.2, 0.25) is 5.95 Å². The molecule has 4 aromatic rings. The molecular formula is C17H13N5. The van der Waals surface area contributed by atoms with Crippen molar-refractivity contribution >= 4 is 16.9 Å². The van der Waals surface area contributed by atoms with Crippen molar-refractivity contribution < 1.29 is 0 Å². The Kier molecular flexibility index (Phi) is 2.83. The molecule has 0 aliphatic rings. The molecule has 2 N–H and O–H groups in total. The number of anilines is 1. The molecule has 0 spiro atoms. The number of rotatable bonds is 2. The van der Waals surface area contributed by atoms with Gasteiger partial charge in [-0.3, -0.25) is 4.98 Å². The summed E-state index contributed by atoms with van der Waals surface area (Å²) in [6.45, 7) is 0. The van der Waals surface area contributed by atoms with Gasteiger partial charge in [-0.05, 0) is 36.4 Å². The fourth-order valence-electron chi connectivity index (χ4n) is 2.42. The van der Waals surface area contributed by atoms with E-state index in [4.69, 9.17) is 5.73 Å². The lowest BCUT2D eigenvalue weighted by Gasteiger charge is -2.01. The summed E-state index contributed by atoms with van der Waals surface area (Å²) < 4.78 is 1.64. The second-order valence-electron chi connectivity index (χ2n) is 4.95. The Hall–Kier alpha value is -3.21. The van der Waals surface area contributed by atoms with Crippen molar-refractivity contribution in [3.63, 3.8) is 0 Å². The maximum Gasteiger partial charge on any atom is 0.223 e. The lowest BCUT2D eigenvalue weighted by molar-refractivity contribution is 0.894. The number of aromatic nitrogens is 4. The van der Waals surface area contributed by atoms with Gasteiger partial charge in [-0.15, -0.1) is 5.10 Å². The highest BCUT2D eigenvalue weighted by Gasteiger charge is 2.11. The molecule has 2 aromatic heterocycles. The first-order valence-corrected chi connectivity index (χ1v) is 6.94. The molecule has 0 aliphatic carbocycles. The topological polar surface area (TPSA) is 69.6 Å². The molecule has 0 saturated carbocycles. The molecule has 0 saturated heterocycles. The second kappa shape index (κ2) is 4.96. The third-order valence-electron chi connectivity index (χ3n) is 3.49. The van der Waals surface area contributed by atoms with Crippen LogP contribution in [0.3, 0.4) is 0 Å². The van der Waals surface area contributed by atoms with E-state index in [0.717, 1.165) is 22.2 Å². The van der Waals surface area contributed by atoms with Crippen LogP contribution >= 0.6 is 0 Å². The average molecular weight is 287 g/mol. The smallest absolute Gasteiger partial charge is 0.223 e. The number of hydrogen-bond donors (Lipinski definition) is 1. The van der Waals surface area contributed by atoms with Crippen molar-refractivity contribution in [2.45, 2.75) is 0 Å². The molecule has 4 rings (SSSR count). The van der Waals surface area contributed by atoms with Gasteiger partial charge in [0.1, 0.15) is 0 Å². The Labute approximate surface area is 127 Å². The quantitative estimate of drug-likeness (QED) is 0.615. The van der Waals surface area contributed by atoms with E-state index >= 15 is 0 Å². The van der Waals surface area contributed by atoms with Gasteiger partial charge in [0.15, 0.2) is 5.82 Å². The van der Waals surface area contributed by atoms with Crippen molar-refractivity contribution in [3.05, 3.63) is 66.9 Å². The second-order valence-corrected chi connectivity index (χ2v) is 4.95. The van der Waals surface area contributed by atoms with Gasteiger partial charge in [0, 0.05) is 17.1 Å². The molecule has 5 heteroatoms. The number of fused-ring (bicyclic) bond motifs is 1. The molecule has 5 nitrogen and oxygen atoms in total. The van der Waals surface area contributed by atoms with Crippen molar-refractivity contribution in [3.8, 4) is 17.1 Å². The maximum atomic E-state index is 6.00. The van der Waals surface area contributed by atoms with Crippen LogP contribution < -0.4 is 5.73 Å². The highest BCUT2D eigenvalue weighted by Crippen LogP contribution is 2.23. The van der Waals surface area contributed by atoms with E-state index in [2.05, 4.69) is 15.1 Å². The van der Waals surface area contributed by atoms with Gasteiger partial charge in [-0.1, -0.05) is 24.3 Å². The molecule has 0 bridgehead atoms. The van der Waals surface area contributed by atoms with Crippen LogP contribution in [-0.2, 0) is 0 Å². The SMILES string of the molecule is Nc1nc(-c2ccc3ncccc3c2)nn1-c1ccccc1. The Balaban J connectivity index is 1.82. The minimum absolute atomic E-state index is 0.368. The van der Waals surface area contributed by atoms with Crippen molar-refractivity contribution in [2.24, 2.45) is 0 Å². The van der Waals surface area contributed by atoms with Gasteiger partial charge < -0.3 is 5.73 Å². The maximum absolute atomic E-state index is 6.00. The molecule has 22 heavy (non-hydrogen) atoms. The summed E-state index contributed by atoms with van der Waals surface area (Å²) in [6, 6.07) is 19.6. The molecule has 0 atom stereocenters. The number of nitrogens with zero attached hydrogens (tertiary/aromatic N) is 4. The molecule has 2 aromatic carbocycles. The fraction of sp³-hybridized carbons (Fsp3) is 0. The zero-order chi connectivity index (χ0) is 14.9. The molecule has 0 aliphatic heterocycles. The van der Waals surface area contributed by atoms with E-state index in [1.807, 2.05) is 60.7 Å². The van der Waals surface area contributed by atoms with Crippen LogP contribution in [0.2, 0.25) is 0 Å². The van der Waals surface area contributed by atoms with E-state index in [0.29, 0.717) is 11.8 Å². The van der Waals surface area contributed by atoms with Gasteiger partial charge >= 0.3 is 0 Å². The minimum atomic E-state index is 0.368. The summed E-state index contributed by atoms with van der Waals surface area (Å²) in [5, 5.41) is 5.57. The summed E-state index contributed by atoms with van der Waals surface area (Å²) in [6.07, 6.45) is 1.78. The van der Waals surface area contributed by atoms with E-state index in [1.54, 1.807) is 10.9 Å². The molecule has 0 radical (unpaired) electrons. The third-order valence-corrected chi connectivity index (χ3v) is 3.49. The van der Waals surface area contributed by atoms with Crippen molar-refractivity contribution in [1.82, 2.24) is 19.7 Å². The number of nitrogen functional groups attached to an aromatic ring is 1. The zero-order valence-corrected chi connectivity index (χ0v) is 11.7. The molecule has 2 heterocycles. The van der Waals surface area contributed by atoms with E-state index in [9.17, 15) is 0 Å². The Morgan fingerprint density at radius 3 is 2.64 bits per heavy atom. The zero-order valence-electron chi connectivity index (χ0n) is 11.7. The highest BCUT2D eigenvalue weighted by molar-refractivity contribution is 5.83. The monoisotopic (exact) mass is 287 g/mol. The largest absolute Gasteiger partial charge is 0.368 e. The Bertz CT molecular complexity index is 944. The Morgan fingerprint density at radius 2 is 1.77 bits per heavy atom. The first kappa shape index (κ1) is 12.5. The minimum Gasteiger partial charge on any atom is -0.368 e. The summed E-state index contributed by atoms with van der Waals surface area (Å²) in [7, 11) is 0. The van der Waals surface area contributed by atoms with Crippen LogP contribution in [0.4, 0.5) is 5.95 Å². The fourth-order valence-corrected chi connectivity index (χ4v) is 2.42. The van der Waals surface area contributed by atoms with Gasteiger partial charge in [0.25, 0.3) is 0 Å². The summed E-state index contributed by atoms with van der Waals surface area (Å²) in [5.41, 5.74) is 8.75. The van der Waals surface area contributed by atoms with Crippen molar-refractivity contribution in [2.75, 3.05) is 5.73 Å². The first-order chi connectivity index (χ1) is 10.8. The predicted octanol–water partition coefficient (Wildman–Crippen LogP) is 3.06. The first-order valence-electron chi connectivity index (χ1n) is 6.94. The standard InChI is InChI=1S/C17H13N5/c18-17-20-16(21-22(17)14-6-2-1-3-7-14)13-8-9-15-12(11-13)5-4-10-19-15/h1-11H,(H2,18,20,21). The van der Waals surface area contributed by atoms with Crippen LogP contribution in [0.25, 0.3) is 28.0 Å². The molecular weight excluding hydrogens is 274 g/mol. The lowest BCUT2D eigenvalue weighted by Crippen LogP contribution is -2.01. The normalized spacial score (nSPS) is 10.9. The van der Waals surface area contributed by atoms with E-state index in [1.165, 1.54) is 0 Å². The van der Waals surface area contributed by atoms with Crippen LogP contribution in [0.15, 0.2) is 66.9 Å². The summed E-state index contributed by atoms with van der Waals surface area (Å²) >= 11 is 0. The predicted molar refractivity (Wildman–Crippen MR) is 86.5 cm³/mol. The lowest BCUT2D eigenvalue weighted by atomic mass is 10.1. The van der Waals surface area contributed by atoms with E-state index in [-0.39, 0.29) is 0 Å². The van der Waals surface area contributed by atoms with Crippen LogP contribution in [0.1, 0.15) is 0 Å². The van der Waals surface area contributed by atoms with E-state index < -0.39 is 0 Å². The van der Waals surface area contributed by atoms with Gasteiger partial charge in [-0.25, -0.2) is 0 Å². The van der Waals surface area contributed by atoms with Gasteiger partial charge in [0.05, 0.1) is 11.2 Å². The van der Waals surface area contributed by atoms with Crippen molar-refractivity contribution in [1.29, 1.82) is 0 Å². The van der Waals surface area contributed by atoms with Crippen LogP contribution in [0, 0.1) is 0 Å². The molecule has 106 valence electrons. The van der Waals surface area contributed by atoms with Crippen LogP contribution in [-0.4, -0.2) is 19.7 Å². The third kappa shape index (κ3) is 2.09. The number of para-hydroxylation sites is 1. The highest BCUT2D eigenvalue weighted by atomic mass is 15.4. The average Bonchev–Trinajstić information content (AvgIpc) is 2.97. The molecule has 0 fully saturated rings. The van der Waals surface area contributed by atoms with Crippen LogP contribution in [0.5, 0.6) is 0 Å². The number of nitrogens with two attached hydrogens (primary N) is 1. The summed E-state index contributed by atoms with van der Waals surface area (Å²) in [4.78, 5) is 8.69. The summed E-state index contributed by atoms with van der Waals surface area (Å²) in [5.74, 6) is 0.972. The molecule has 0 amide bonds. The number of hydrogen-bond acceptors (Lipinski definition) is 4. The molecule has 0 unspecified atom stereocenters. The number of pyridine rings is 1. The number of benzene rings is 2. The van der Waals surface area contributed by atoms with Gasteiger partial charge in [-0.2, -0.15) is 9.67 Å².